The first-order valence-electron chi connectivity index (χ1n) is 6.06. The molecule has 0 radical (unpaired) electrons. The van der Waals surface area contributed by atoms with Gasteiger partial charge in [0.15, 0.2) is 10.7 Å². The molecule has 0 aliphatic heterocycles. The van der Waals surface area contributed by atoms with Crippen LogP contribution < -0.4 is 14.2 Å². The van der Waals surface area contributed by atoms with Gasteiger partial charge < -0.3 is 14.0 Å². The Labute approximate surface area is 122 Å². The van der Waals surface area contributed by atoms with E-state index in [2.05, 4.69) is 9.88 Å². The Morgan fingerprint density at radius 2 is 1.67 bits per heavy atom. The molecule has 1 aromatic carbocycles. The van der Waals surface area contributed by atoms with E-state index in [0.717, 1.165) is 0 Å². The largest absolute Gasteiger partial charge is 0.497 e. The molecule has 2 rings (SSSR count). The van der Waals surface area contributed by atoms with Crippen LogP contribution in [0.1, 0.15) is 11.5 Å². The summed E-state index contributed by atoms with van der Waals surface area (Å²) in [6.45, 7) is 3.11. The van der Waals surface area contributed by atoms with Crippen LogP contribution in [-0.4, -0.2) is 27.8 Å². The van der Waals surface area contributed by atoms with Gasteiger partial charge in [0.05, 0.1) is 19.9 Å². The fraction of sp³-hybridized carbons (Fsp3) is 0.308. The Kier molecular flexibility index (Phi) is 4.08. The van der Waals surface area contributed by atoms with Crippen LogP contribution in [0.5, 0.6) is 11.5 Å². The SMILES string of the molecule is COc1cc(NS(=O)(=O)c2c(C)noc2C)cc(OC)c1. The molecule has 114 valence electrons. The van der Waals surface area contributed by atoms with Crippen molar-refractivity contribution < 1.29 is 22.4 Å². The fourth-order valence-electron chi connectivity index (χ4n) is 1.93. The van der Waals surface area contributed by atoms with E-state index in [-0.39, 0.29) is 10.7 Å². The van der Waals surface area contributed by atoms with Crippen molar-refractivity contribution in [2.24, 2.45) is 0 Å². The molecule has 0 unspecified atom stereocenters. The zero-order valence-electron chi connectivity index (χ0n) is 12.1. The Hall–Kier alpha value is -2.22. The minimum atomic E-state index is -3.80. The molecule has 8 heteroatoms. The lowest BCUT2D eigenvalue weighted by Gasteiger charge is -2.11. The molecule has 0 amide bonds. The molecule has 7 nitrogen and oxygen atoms in total. The molecule has 1 aromatic heterocycles. The summed E-state index contributed by atoms with van der Waals surface area (Å²) < 4.78 is 42.4. The topological polar surface area (TPSA) is 90.7 Å². The molecule has 21 heavy (non-hydrogen) atoms. The van der Waals surface area contributed by atoms with Crippen LogP contribution in [0, 0.1) is 13.8 Å². The van der Waals surface area contributed by atoms with Crippen LogP contribution in [-0.2, 0) is 10.0 Å². The zero-order chi connectivity index (χ0) is 15.6. The van der Waals surface area contributed by atoms with Crippen molar-refractivity contribution in [3.8, 4) is 11.5 Å². The molecule has 0 fully saturated rings. The average Bonchev–Trinajstić information content (AvgIpc) is 2.77. The monoisotopic (exact) mass is 312 g/mol. The normalized spacial score (nSPS) is 11.2. The fourth-order valence-corrected chi connectivity index (χ4v) is 3.30. The summed E-state index contributed by atoms with van der Waals surface area (Å²) in [5.74, 6) is 1.19. The Morgan fingerprint density at radius 3 is 2.10 bits per heavy atom. The smallest absolute Gasteiger partial charge is 0.267 e. The lowest BCUT2D eigenvalue weighted by Crippen LogP contribution is -2.14. The molecule has 1 N–H and O–H groups in total. The molecule has 0 saturated heterocycles. The molecule has 0 spiro atoms. The summed E-state index contributed by atoms with van der Waals surface area (Å²) in [5.41, 5.74) is 0.626. The van der Waals surface area contributed by atoms with E-state index in [1.54, 1.807) is 32.0 Å². The number of nitrogens with zero attached hydrogens (tertiary/aromatic N) is 1. The highest BCUT2D eigenvalue weighted by molar-refractivity contribution is 7.92. The maximum atomic E-state index is 12.4. The number of aromatic nitrogens is 1. The quantitative estimate of drug-likeness (QED) is 0.909. The molecular formula is C13H16N2O5S. The number of aryl methyl sites for hydroxylation is 2. The van der Waals surface area contributed by atoms with Crippen LogP contribution in [0.2, 0.25) is 0 Å². The number of nitrogens with one attached hydrogen (secondary N) is 1. The van der Waals surface area contributed by atoms with E-state index in [1.807, 2.05) is 0 Å². The lowest BCUT2D eigenvalue weighted by molar-refractivity contribution is 0.390. The molecule has 0 bridgehead atoms. The summed E-state index contributed by atoms with van der Waals surface area (Å²) >= 11 is 0. The van der Waals surface area contributed by atoms with Crippen molar-refractivity contribution >= 4 is 15.7 Å². The summed E-state index contributed by atoms with van der Waals surface area (Å²) in [5, 5.41) is 3.65. The van der Waals surface area contributed by atoms with Crippen molar-refractivity contribution in [2.75, 3.05) is 18.9 Å². The number of rotatable bonds is 5. The van der Waals surface area contributed by atoms with Gasteiger partial charge in [-0.15, -0.1) is 0 Å². The lowest BCUT2D eigenvalue weighted by atomic mass is 10.3. The van der Waals surface area contributed by atoms with Gasteiger partial charge in [0.1, 0.15) is 17.2 Å². The minimum absolute atomic E-state index is 0.0317. The summed E-state index contributed by atoms with van der Waals surface area (Å²) in [6, 6.07) is 4.75. The van der Waals surface area contributed by atoms with Crippen LogP contribution in [0.25, 0.3) is 0 Å². The highest BCUT2D eigenvalue weighted by atomic mass is 32.2. The number of ether oxygens (including phenoxy) is 2. The predicted molar refractivity (Wildman–Crippen MR) is 76.3 cm³/mol. The van der Waals surface area contributed by atoms with E-state index < -0.39 is 10.0 Å². The second-order valence-corrected chi connectivity index (χ2v) is 5.98. The van der Waals surface area contributed by atoms with E-state index >= 15 is 0 Å². The van der Waals surface area contributed by atoms with Gasteiger partial charge in [-0.1, -0.05) is 5.16 Å². The first-order chi connectivity index (χ1) is 9.87. The molecular weight excluding hydrogens is 296 g/mol. The Balaban J connectivity index is 2.41. The molecule has 0 saturated carbocycles. The van der Waals surface area contributed by atoms with Gasteiger partial charge in [-0.05, 0) is 13.8 Å². The number of anilines is 1. The van der Waals surface area contributed by atoms with Crippen LogP contribution in [0.3, 0.4) is 0 Å². The first-order valence-corrected chi connectivity index (χ1v) is 7.54. The van der Waals surface area contributed by atoms with Gasteiger partial charge in [0, 0.05) is 18.2 Å². The van der Waals surface area contributed by atoms with Gasteiger partial charge in [0.2, 0.25) is 0 Å². The van der Waals surface area contributed by atoms with Crippen LogP contribution in [0.15, 0.2) is 27.6 Å². The van der Waals surface area contributed by atoms with E-state index in [0.29, 0.717) is 22.9 Å². The minimum Gasteiger partial charge on any atom is -0.497 e. The average molecular weight is 312 g/mol. The first kappa shape index (κ1) is 15.2. The number of hydrogen-bond acceptors (Lipinski definition) is 6. The Morgan fingerprint density at radius 1 is 1.10 bits per heavy atom. The van der Waals surface area contributed by atoms with Gasteiger partial charge in [-0.25, -0.2) is 8.42 Å². The van der Waals surface area contributed by atoms with Crippen LogP contribution >= 0.6 is 0 Å². The molecule has 1 heterocycles. The number of methoxy groups -OCH3 is 2. The van der Waals surface area contributed by atoms with E-state index in [9.17, 15) is 8.42 Å². The standard InChI is InChI=1S/C13H16N2O5S/c1-8-13(9(2)20-14-8)21(16,17)15-10-5-11(18-3)7-12(6-10)19-4/h5-7,15H,1-4H3. The van der Waals surface area contributed by atoms with Gasteiger partial charge in [-0.2, -0.15) is 0 Å². The van der Waals surface area contributed by atoms with Crippen molar-refractivity contribution in [3.63, 3.8) is 0 Å². The Bertz CT molecular complexity index is 710. The highest BCUT2D eigenvalue weighted by Gasteiger charge is 2.24. The molecule has 0 aliphatic rings. The van der Waals surface area contributed by atoms with Gasteiger partial charge >= 0.3 is 0 Å². The summed E-state index contributed by atoms with van der Waals surface area (Å²) in [4.78, 5) is 0.0317. The summed E-state index contributed by atoms with van der Waals surface area (Å²) in [6.07, 6.45) is 0. The number of hydrogen-bond donors (Lipinski definition) is 1. The maximum absolute atomic E-state index is 12.4. The van der Waals surface area contributed by atoms with Crippen molar-refractivity contribution in [1.82, 2.24) is 5.16 Å². The van der Waals surface area contributed by atoms with E-state index in [4.69, 9.17) is 14.0 Å². The number of sulfonamides is 1. The third kappa shape index (κ3) is 3.10. The highest BCUT2D eigenvalue weighted by Crippen LogP contribution is 2.28. The third-order valence-electron chi connectivity index (χ3n) is 2.84. The molecule has 0 atom stereocenters. The van der Waals surface area contributed by atoms with Crippen LogP contribution in [0.4, 0.5) is 5.69 Å². The second kappa shape index (κ2) is 5.65. The van der Waals surface area contributed by atoms with Crippen molar-refractivity contribution in [3.05, 3.63) is 29.7 Å². The zero-order valence-corrected chi connectivity index (χ0v) is 12.9. The number of benzene rings is 1. The third-order valence-corrected chi connectivity index (χ3v) is 4.47. The van der Waals surface area contributed by atoms with Gasteiger partial charge in [0.25, 0.3) is 10.0 Å². The predicted octanol–water partition coefficient (Wildman–Crippen LogP) is 2.11. The van der Waals surface area contributed by atoms with Gasteiger partial charge in [-0.3, -0.25) is 4.72 Å². The molecule has 0 aliphatic carbocycles. The maximum Gasteiger partial charge on any atom is 0.267 e. The van der Waals surface area contributed by atoms with Crippen molar-refractivity contribution in [2.45, 2.75) is 18.7 Å². The van der Waals surface area contributed by atoms with Crippen molar-refractivity contribution in [1.29, 1.82) is 0 Å². The van der Waals surface area contributed by atoms with E-state index in [1.165, 1.54) is 14.2 Å². The summed E-state index contributed by atoms with van der Waals surface area (Å²) in [7, 11) is -0.824. The second-order valence-electron chi connectivity index (χ2n) is 4.36. The molecule has 2 aromatic rings.